The number of rotatable bonds is 3. The topological polar surface area (TPSA) is 78.3 Å². The van der Waals surface area contributed by atoms with E-state index in [9.17, 15) is 9.90 Å². The maximum absolute atomic E-state index is 11.6. The van der Waals surface area contributed by atoms with E-state index in [1.807, 2.05) is 18.2 Å². The van der Waals surface area contributed by atoms with Crippen molar-refractivity contribution in [1.82, 2.24) is 9.97 Å². The Bertz CT molecular complexity index is 618. The van der Waals surface area contributed by atoms with E-state index in [0.717, 1.165) is 5.69 Å². The average molecular weight is 243 g/mol. The molecule has 2 aromatic heterocycles. The first-order valence-electron chi connectivity index (χ1n) is 5.49. The Hall–Kier alpha value is -2.43. The molecular formula is C13H13N3O2. The van der Waals surface area contributed by atoms with Crippen LogP contribution >= 0.6 is 0 Å². The minimum absolute atomic E-state index is 0.0685. The van der Waals surface area contributed by atoms with E-state index in [-0.39, 0.29) is 16.9 Å². The van der Waals surface area contributed by atoms with Crippen LogP contribution in [0.2, 0.25) is 0 Å². The van der Waals surface area contributed by atoms with E-state index in [0.29, 0.717) is 12.2 Å². The maximum Gasteiger partial charge on any atom is 0.260 e. The van der Waals surface area contributed by atoms with Crippen LogP contribution in [0, 0.1) is 6.92 Å². The fourth-order valence-electron chi connectivity index (χ4n) is 1.53. The van der Waals surface area contributed by atoms with Gasteiger partial charge in [0.1, 0.15) is 5.75 Å². The Morgan fingerprint density at radius 2 is 2.33 bits per heavy atom. The number of hydrogen-bond donors (Lipinski definition) is 2. The van der Waals surface area contributed by atoms with E-state index in [1.165, 1.54) is 12.3 Å². The van der Waals surface area contributed by atoms with Gasteiger partial charge >= 0.3 is 0 Å². The van der Waals surface area contributed by atoms with Crippen LogP contribution in [0.5, 0.6) is 5.75 Å². The fourth-order valence-corrected chi connectivity index (χ4v) is 1.53. The maximum atomic E-state index is 11.6. The molecule has 0 atom stereocenters. The van der Waals surface area contributed by atoms with Crippen LogP contribution in [0.1, 0.15) is 17.0 Å². The molecule has 2 heterocycles. The molecule has 2 N–H and O–H groups in total. The summed E-state index contributed by atoms with van der Waals surface area (Å²) in [6, 6.07) is 7.03. The minimum Gasteiger partial charge on any atom is -0.507 e. The number of aliphatic imine (C=N–C) groups is 1. The number of pyridine rings is 2. The Kier molecular flexibility index (Phi) is 3.52. The van der Waals surface area contributed by atoms with Gasteiger partial charge in [-0.3, -0.25) is 14.8 Å². The molecule has 5 heteroatoms. The van der Waals surface area contributed by atoms with Gasteiger partial charge in [-0.05, 0) is 25.1 Å². The van der Waals surface area contributed by atoms with Gasteiger partial charge in [0, 0.05) is 18.1 Å². The SMILES string of the molecule is Cc1cc(O)c(C=NCc2ccccn2)c(=O)[nH]1. The summed E-state index contributed by atoms with van der Waals surface area (Å²) in [5.41, 5.74) is 1.23. The molecule has 0 aromatic carbocycles. The first-order chi connectivity index (χ1) is 8.66. The van der Waals surface area contributed by atoms with Gasteiger partial charge in [-0.15, -0.1) is 0 Å². The summed E-state index contributed by atoms with van der Waals surface area (Å²) in [5, 5.41) is 9.64. The van der Waals surface area contributed by atoms with Crippen molar-refractivity contribution < 1.29 is 5.11 Å². The monoisotopic (exact) mass is 243 g/mol. The van der Waals surface area contributed by atoms with Gasteiger partial charge in [0.05, 0.1) is 17.8 Å². The van der Waals surface area contributed by atoms with Crippen molar-refractivity contribution in [2.75, 3.05) is 0 Å². The van der Waals surface area contributed by atoms with Crippen LogP contribution in [0.4, 0.5) is 0 Å². The van der Waals surface area contributed by atoms with Crippen LogP contribution in [0.3, 0.4) is 0 Å². The fraction of sp³-hybridized carbons (Fsp3) is 0.154. The molecule has 0 fully saturated rings. The smallest absolute Gasteiger partial charge is 0.260 e. The van der Waals surface area contributed by atoms with Gasteiger partial charge in [0.25, 0.3) is 5.56 Å². The van der Waals surface area contributed by atoms with Gasteiger partial charge in [-0.25, -0.2) is 0 Å². The van der Waals surface area contributed by atoms with Crippen LogP contribution in [0.15, 0.2) is 40.2 Å². The van der Waals surface area contributed by atoms with E-state index in [2.05, 4.69) is 15.0 Å². The highest BCUT2D eigenvalue weighted by molar-refractivity contribution is 5.82. The predicted octanol–water partition coefficient (Wildman–Crippen LogP) is 1.40. The molecule has 0 saturated heterocycles. The summed E-state index contributed by atoms with van der Waals surface area (Å²) in [4.78, 5) is 22.4. The van der Waals surface area contributed by atoms with Gasteiger partial charge < -0.3 is 10.1 Å². The van der Waals surface area contributed by atoms with E-state index in [4.69, 9.17) is 0 Å². The highest BCUT2D eigenvalue weighted by Crippen LogP contribution is 2.10. The van der Waals surface area contributed by atoms with Crippen molar-refractivity contribution in [2.24, 2.45) is 4.99 Å². The molecule has 0 spiro atoms. The minimum atomic E-state index is -0.350. The van der Waals surface area contributed by atoms with Crippen molar-refractivity contribution in [3.63, 3.8) is 0 Å². The molecule has 0 aliphatic heterocycles. The largest absolute Gasteiger partial charge is 0.507 e. The molecule has 5 nitrogen and oxygen atoms in total. The summed E-state index contributed by atoms with van der Waals surface area (Å²) in [5.74, 6) is -0.0685. The standard InChI is InChI=1S/C13H13N3O2/c1-9-6-12(17)11(13(18)16-9)8-14-7-10-4-2-3-5-15-10/h2-6,8H,7H2,1H3,(H2,16,17,18). The zero-order chi connectivity index (χ0) is 13.0. The number of H-pyrrole nitrogens is 1. The van der Waals surface area contributed by atoms with Crippen LogP contribution in [-0.4, -0.2) is 21.3 Å². The van der Waals surface area contributed by atoms with E-state index >= 15 is 0 Å². The summed E-state index contributed by atoms with van der Waals surface area (Å²) in [6.45, 7) is 2.07. The second kappa shape index (κ2) is 5.27. The molecule has 2 aromatic rings. The molecule has 2 rings (SSSR count). The van der Waals surface area contributed by atoms with Crippen molar-refractivity contribution in [3.8, 4) is 5.75 Å². The lowest BCUT2D eigenvalue weighted by Gasteiger charge is -1.99. The Labute approximate surface area is 104 Å². The third-order valence-corrected chi connectivity index (χ3v) is 2.38. The van der Waals surface area contributed by atoms with Gasteiger partial charge in [-0.1, -0.05) is 6.07 Å². The van der Waals surface area contributed by atoms with Crippen molar-refractivity contribution >= 4 is 6.21 Å². The molecule has 0 aliphatic rings. The molecule has 18 heavy (non-hydrogen) atoms. The van der Waals surface area contributed by atoms with Crippen LogP contribution < -0.4 is 5.56 Å². The Balaban J connectivity index is 2.18. The van der Waals surface area contributed by atoms with Gasteiger partial charge in [0.2, 0.25) is 0 Å². The Morgan fingerprint density at radius 1 is 1.50 bits per heavy atom. The molecule has 0 bridgehead atoms. The first kappa shape index (κ1) is 12.0. The van der Waals surface area contributed by atoms with E-state index in [1.54, 1.807) is 13.1 Å². The molecule has 0 aliphatic carbocycles. The first-order valence-corrected chi connectivity index (χ1v) is 5.49. The number of aromatic hydroxyl groups is 1. The second-order valence-corrected chi connectivity index (χ2v) is 3.87. The number of hydrogen-bond acceptors (Lipinski definition) is 4. The Morgan fingerprint density at radius 3 is 3.00 bits per heavy atom. The van der Waals surface area contributed by atoms with Gasteiger partial charge in [0.15, 0.2) is 0 Å². The molecule has 92 valence electrons. The zero-order valence-corrected chi connectivity index (χ0v) is 9.92. The lowest BCUT2D eigenvalue weighted by atomic mass is 10.2. The van der Waals surface area contributed by atoms with Crippen molar-refractivity contribution in [3.05, 3.63) is 57.8 Å². The summed E-state index contributed by atoms with van der Waals surface area (Å²) < 4.78 is 0. The number of nitrogens with zero attached hydrogens (tertiary/aromatic N) is 2. The number of aromatic amines is 1. The lowest BCUT2D eigenvalue weighted by Crippen LogP contribution is -2.13. The third-order valence-electron chi connectivity index (χ3n) is 2.38. The average Bonchev–Trinajstić information content (AvgIpc) is 2.34. The highest BCUT2D eigenvalue weighted by atomic mass is 16.3. The quantitative estimate of drug-likeness (QED) is 0.800. The second-order valence-electron chi connectivity index (χ2n) is 3.87. The summed E-state index contributed by atoms with van der Waals surface area (Å²) >= 11 is 0. The summed E-state index contributed by atoms with van der Waals surface area (Å²) in [7, 11) is 0. The van der Waals surface area contributed by atoms with E-state index < -0.39 is 0 Å². The van der Waals surface area contributed by atoms with Gasteiger partial charge in [-0.2, -0.15) is 0 Å². The van der Waals surface area contributed by atoms with Crippen molar-refractivity contribution in [1.29, 1.82) is 0 Å². The van der Waals surface area contributed by atoms with Crippen LogP contribution in [0.25, 0.3) is 0 Å². The predicted molar refractivity (Wildman–Crippen MR) is 69.0 cm³/mol. The normalized spacial score (nSPS) is 10.9. The lowest BCUT2D eigenvalue weighted by molar-refractivity contribution is 0.472. The zero-order valence-electron chi connectivity index (χ0n) is 9.92. The highest BCUT2D eigenvalue weighted by Gasteiger charge is 2.04. The molecule has 0 unspecified atom stereocenters. The number of nitrogens with one attached hydrogen (secondary N) is 1. The molecule has 0 radical (unpaired) electrons. The summed E-state index contributed by atoms with van der Waals surface area (Å²) in [6.07, 6.45) is 3.04. The number of aromatic nitrogens is 2. The van der Waals surface area contributed by atoms with Crippen molar-refractivity contribution in [2.45, 2.75) is 13.5 Å². The van der Waals surface area contributed by atoms with Crippen LogP contribution in [-0.2, 0) is 6.54 Å². The third kappa shape index (κ3) is 2.82. The number of aryl methyl sites for hydroxylation is 1. The molecule has 0 saturated carbocycles. The molecular weight excluding hydrogens is 230 g/mol. The molecule has 0 amide bonds.